The number of benzene rings is 1. The van der Waals surface area contributed by atoms with Gasteiger partial charge in [0.1, 0.15) is 0 Å². The predicted molar refractivity (Wildman–Crippen MR) is 81.1 cm³/mol. The minimum Gasteiger partial charge on any atom is -0.399 e. The second-order valence-electron chi connectivity index (χ2n) is 5.91. The van der Waals surface area contributed by atoms with Gasteiger partial charge in [0.2, 0.25) is 5.91 Å². The second kappa shape index (κ2) is 5.67. The van der Waals surface area contributed by atoms with Crippen molar-refractivity contribution in [3.63, 3.8) is 0 Å². The van der Waals surface area contributed by atoms with Crippen LogP contribution < -0.4 is 5.73 Å². The zero-order valence-corrected chi connectivity index (χ0v) is 12.3. The Kier molecular flexibility index (Phi) is 4.14. The van der Waals surface area contributed by atoms with E-state index in [1.807, 2.05) is 56.0 Å². The first kappa shape index (κ1) is 14.6. The van der Waals surface area contributed by atoms with Crippen LogP contribution in [0.5, 0.6) is 0 Å². The molecule has 1 heterocycles. The molecule has 0 aliphatic carbocycles. The molecular weight excluding hydrogens is 252 g/mol. The van der Waals surface area contributed by atoms with Crippen molar-refractivity contribution in [3.05, 3.63) is 35.9 Å². The van der Waals surface area contributed by atoms with E-state index in [1.165, 1.54) is 0 Å². The molecule has 1 unspecified atom stereocenters. The molecule has 0 aromatic heterocycles. The van der Waals surface area contributed by atoms with Crippen LogP contribution in [0.4, 0.5) is 5.69 Å². The minimum atomic E-state index is -0.289. The molecule has 1 aliphatic heterocycles. The summed E-state index contributed by atoms with van der Waals surface area (Å²) in [5, 5.41) is 0. The minimum absolute atomic E-state index is 0.0186. The molecule has 4 nitrogen and oxygen atoms in total. The lowest BCUT2D eigenvalue weighted by Crippen LogP contribution is -2.53. The van der Waals surface area contributed by atoms with Crippen LogP contribution in [0, 0.1) is 0 Å². The van der Waals surface area contributed by atoms with E-state index in [4.69, 9.17) is 10.5 Å². The molecule has 1 aliphatic rings. The maximum Gasteiger partial charge on any atom is 0.246 e. The van der Waals surface area contributed by atoms with Gasteiger partial charge in [0, 0.05) is 24.9 Å². The number of nitrogen functional groups attached to an aromatic ring is 1. The average Bonchev–Trinajstić information content (AvgIpc) is 2.35. The number of nitrogens with two attached hydrogens (primary N) is 1. The number of nitrogens with zero attached hydrogens (tertiary/aromatic N) is 1. The number of amides is 1. The molecule has 1 saturated heterocycles. The Balaban J connectivity index is 2.02. The number of carbonyl (C=O) groups excluding carboxylic acids is 1. The molecule has 0 saturated carbocycles. The van der Waals surface area contributed by atoms with Crippen LogP contribution in [0.25, 0.3) is 6.08 Å². The third kappa shape index (κ3) is 3.84. The molecule has 1 aromatic carbocycles. The topological polar surface area (TPSA) is 55.6 Å². The zero-order chi connectivity index (χ0) is 14.8. The molecule has 0 bridgehead atoms. The van der Waals surface area contributed by atoms with E-state index in [-0.39, 0.29) is 17.6 Å². The maximum atomic E-state index is 12.2. The van der Waals surface area contributed by atoms with E-state index in [9.17, 15) is 4.79 Å². The van der Waals surface area contributed by atoms with Crippen LogP contribution in [0.15, 0.2) is 30.3 Å². The van der Waals surface area contributed by atoms with Crippen molar-refractivity contribution in [2.24, 2.45) is 0 Å². The standard InChI is InChI=1S/C16H22N2O2/c1-12-10-18(11-16(2,3)20-12)15(19)9-6-13-4-7-14(17)8-5-13/h4-9,12H,10-11,17H2,1-3H3/b9-6+. The quantitative estimate of drug-likeness (QED) is 0.665. The Labute approximate surface area is 120 Å². The number of hydrogen-bond acceptors (Lipinski definition) is 3. The Morgan fingerprint density at radius 2 is 2.05 bits per heavy atom. The molecule has 1 aromatic rings. The first-order valence-corrected chi connectivity index (χ1v) is 6.86. The van der Waals surface area contributed by atoms with Gasteiger partial charge in [-0.2, -0.15) is 0 Å². The SMILES string of the molecule is CC1CN(C(=O)/C=C/c2ccc(N)cc2)CC(C)(C)O1. The monoisotopic (exact) mass is 274 g/mol. The Morgan fingerprint density at radius 3 is 2.65 bits per heavy atom. The summed E-state index contributed by atoms with van der Waals surface area (Å²) in [5.41, 5.74) is 7.03. The van der Waals surface area contributed by atoms with Gasteiger partial charge in [-0.1, -0.05) is 12.1 Å². The summed E-state index contributed by atoms with van der Waals surface area (Å²) in [7, 11) is 0. The number of rotatable bonds is 2. The van der Waals surface area contributed by atoms with E-state index in [0.29, 0.717) is 13.1 Å². The molecule has 1 atom stereocenters. The molecule has 108 valence electrons. The smallest absolute Gasteiger partial charge is 0.246 e. The van der Waals surface area contributed by atoms with E-state index >= 15 is 0 Å². The van der Waals surface area contributed by atoms with Crippen molar-refractivity contribution >= 4 is 17.7 Å². The molecule has 0 spiro atoms. The summed E-state index contributed by atoms with van der Waals surface area (Å²) in [4.78, 5) is 14.1. The third-order valence-corrected chi connectivity index (χ3v) is 3.24. The number of anilines is 1. The highest BCUT2D eigenvalue weighted by molar-refractivity contribution is 5.92. The van der Waals surface area contributed by atoms with Crippen molar-refractivity contribution in [2.45, 2.75) is 32.5 Å². The summed E-state index contributed by atoms with van der Waals surface area (Å²) in [6, 6.07) is 7.43. The van der Waals surface area contributed by atoms with Gasteiger partial charge < -0.3 is 15.4 Å². The van der Waals surface area contributed by atoms with E-state index in [1.54, 1.807) is 6.08 Å². The highest BCUT2D eigenvalue weighted by Crippen LogP contribution is 2.21. The van der Waals surface area contributed by atoms with Crippen LogP contribution in [0.2, 0.25) is 0 Å². The molecule has 1 amide bonds. The molecule has 4 heteroatoms. The highest BCUT2D eigenvalue weighted by atomic mass is 16.5. The van der Waals surface area contributed by atoms with E-state index in [0.717, 1.165) is 11.3 Å². The van der Waals surface area contributed by atoms with E-state index < -0.39 is 0 Å². The van der Waals surface area contributed by atoms with Crippen molar-refractivity contribution < 1.29 is 9.53 Å². The lowest BCUT2D eigenvalue weighted by molar-refractivity contribution is -0.153. The fraction of sp³-hybridized carbons (Fsp3) is 0.438. The molecule has 2 rings (SSSR count). The summed E-state index contributed by atoms with van der Waals surface area (Å²) in [6.07, 6.45) is 3.49. The second-order valence-corrected chi connectivity index (χ2v) is 5.91. The molecule has 2 N–H and O–H groups in total. The molecule has 1 fully saturated rings. The summed E-state index contributed by atoms with van der Waals surface area (Å²) in [6.45, 7) is 7.25. The maximum absolute atomic E-state index is 12.2. The van der Waals surface area contributed by atoms with Crippen LogP contribution in [0.1, 0.15) is 26.3 Å². The van der Waals surface area contributed by atoms with Gasteiger partial charge >= 0.3 is 0 Å². The fourth-order valence-corrected chi connectivity index (χ4v) is 2.50. The van der Waals surface area contributed by atoms with Gasteiger partial charge in [0.25, 0.3) is 0 Å². The van der Waals surface area contributed by atoms with Gasteiger partial charge in [0.05, 0.1) is 11.7 Å². The Hall–Kier alpha value is -1.81. The first-order valence-electron chi connectivity index (χ1n) is 6.86. The lowest BCUT2D eigenvalue weighted by atomic mass is 10.1. The van der Waals surface area contributed by atoms with Crippen molar-refractivity contribution in [3.8, 4) is 0 Å². The zero-order valence-electron chi connectivity index (χ0n) is 12.3. The molecule has 0 radical (unpaired) electrons. The summed E-state index contributed by atoms with van der Waals surface area (Å²) >= 11 is 0. The number of ether oxygens (including phenoxy) is 1. The van der Waals surface area contributed by atoms with Crippen LogP contribution >= 0.6 is 0 Å². The largest absolute Gasteiger partial charge is 0.399 e. The highest BCUT2D eigenvalue weighted by Gasteiger charge is 2.32. The summed E-state index contributed by atoms with van der Waals surface area (Å²) < 4.78 is 5.80. The number of morpholine rings is 1. The van der Waals surface area contributed by atoms with Crippen LogP contribution in [-0.2, 0) is 9.53 Å². The van der Waals surface area contributed by atoms with Gasteiger partial charge in [-0.25, -0.2) is 0 Å². The molecule has 20 heavy (non-hydrogen) atoms. The average molecular weight is 274 g/mol. The van der Waals surface area contributed by atoms with Gasteiger partial charge in [-0.05, 0) is 44.5 Å². The third-order valence-electron chi connectivity index (χ3n) is 3.24. The normalized spacial score (nSPS) is 22.1. The molecular formula is C16H22N2O2. The Morgan fingerprint density at radius 1 is 1.40 bits per heavy atom. The number of hydrogen-bond donors (Lipinski definition) is 1. The summed E-state index contributed by atoms with van der Waals surface area (Å²) in [5.74, 6) is 0.0186. The predicted octanol–water partition coefficient (Wildman–Crippen LogP) is 2.31. The van der Waals surface area contributed by atoms with Gasteiger partial charge in [0.15, 0.2) is 0 Å². The first-order chi connectivity index (χ1) is 9.35. The Bertz CT molecular complexity index is 506. The van der Waals surface area contributed by atoms with E-state index in [2.05, 4.69) is 0 Å². The van der Waals surface area contributed by atoms with Gasteiger partial charge in [-0.15, -0.1) is 0 Å². The fourth-order valence-electron chi connectivity index (χ4n) is 2.50. The number of carbonyl (C=O) groups is 1. The van der Waals surface area contributed by atoms with Crippen LogP contribution in [0.3, 0.4) is 0 Å². The van der Waals surface area contributed by atoms with Gasteiger partial charge in [-0.3, -0.25) is 4.79 Å². The van der Waals surface area contributed by atoms with Crippen molar-refractivity contribution in [2.75, 3.05) is 18.8 Å². The van der Waals surface area contributed by atoms with Crippen LogP contribution in [-0.4, -0.2) is 35.6 Å². The van der Waals surface area contributed by atoms with Crippen molar-refractivity contribution in [1.82, 2.24) is 4.90 Å². The van der Waals surface area contributed by atoms with Crippen molar-refractivity contribution in [1.29, 1.82) is 0 Å². The lowest BCUT2D eigenvalue weighted by Gasteiger charge is -2.41.